The quantitative estimate of drug-likeness (QED) is 0.350. The van der Waals surface area contributed by atoms with Crippen LogP contribution in [0.2, 0.25) is 0 Å². The molecule has 1 heterocycles. The summed E-state index contributed by atoms with van der Waals surface area (Å²) in [5, 5.41) is 21.9. The number of hydrogen-bond donors (Lipinski definition) is 2. The zero-order valence-electron chi connectivity index (χ0n) is 7.07. The van der Waals surface area contributed by atoms with Gasteiger partial charge in [0.05, 0.1) is 12.6 Å². The molecule has 1 fully saturated rings. The van der Waals surface area contributed by atoms with Gasteiger partial charge in [0.25, 0.3) is 0 Å². The van der Waals surface area contributed by atoms with Crippen molar-refractivity contribution in [2.24, 2.45) is 5.11 Å². The van der Waals surface area contributed by atoms with Gasteiger partial charge in [-0.3, -0.25) is 0 Å². The van der Waals surface area contributed by atoms with Crippen LogP contribution in [0.4, 0.5) is 0 Å². The Kier molecular flexibility index (Phi) is 3.47. The molecule has 13 heavy (non-hydrogen) atoms. The molecule has 7 nitrogen and oxygen atoms in total. The van der Waals surface area contributed by atoms with Gasteiger partial charge in [-0.1, -0.05) is 5.11 Å². The second-order valence-corrected chi connectivity index (χ2v) is 2.67. The van der Waals surface area contributed by atoms with Crippen LogP contribution in [0.3, 0.4) is 0 Å². The normalized spacial score (nSPS) is 38.7. The number of nitrogens with zero attached hydrogens (tertiary/aromatic N) is 3. The second-order valence-electron chi connectivity index (χ2n) is 2.67. The Balaban J connectivity index is 2.54. The van der Waals surface area contributed by atoms with Crippen LogP contribution in [0.1, 0.15) is 0 Å². The largest absolute Gasteiger partial charge is 0.387 e. The molecular formula is C6H11N3O4. The molecule has 0 spiro atoms. The van der Waals surface area contributed by atoms with E-state index in [0.717, 1.165) is 0 Å². The zero-order chi connectivity index (χ0) is 9.84. The highest BCUT2D eigenvalue weighted by Crippen LogP contribution is 2.21. The van der Waals surface area contributed by atoms with Gasteiger partial charge < -0.3 is 19.7 Å². The molecule has 1 saturated heterocycles. The Hall–Kier alpha value is -0.850. The smallest absolute Gasteiger partial charge is 0.186 e. The molecule has 1 aliphatic heterocycles. The number of ether oxygens (including phenoxy) is 2. The van der Waals surface area contributed by atoms with Crippen LogP contribution in [0.5, 0.6) is 0 Å². The van der Waals surface area contributed by atoms with Crippen molar-refractivity contribution < 1.29 is 19.7 Å². The molecule has 1 rings (SSSR count). The highest BCUT2D eigenvalue weighted by molar-refractivity contribution is 4.87. The fraction of sp³-hybridized carbons (Fsp3) is 1.00. The Morgan fingerprint density at radius 2 is 2.23 bits per heavy atom. The van der Waals surface area contributed by atoms with E-state index in [9.17, 15) is 10.2 Å². The van der Waals surface area contributed by atoms with E-state index in [4.69, 9.17) is 15.0 Å². The monoisotopic (exact) mass is 189 g/mol. The molecule has 0 bridgehead atoms. The molecule has 0 aromatic rings. The van der Waals surface area contributed by atoms with Gasteiger partial charge in [0, 0.05) is 12.0 Å². The lowest BCUT2D eigenvalue weighted by atomic mass is 10.1. The fourth-order valence-corrected chi connectivity index (χ4v) is 1.18. The van der Waals surface area contributed by atoms with E-state index in [2.05, 4.69) is 10.0 Å². The molecule has 7 heteroatoms. The maximum Gasteiger partial charge on any atom is 0.186 e. The third-order valence-corrected chi connectivity index (χ3v) is 1.88. The van der Waals surface area contributed by atoms with Crippen LogP contribution in [0.15, 0.2) is 5.11 Å². The Morgan fingerprint density at radius 3 is 2.69 bits per heavy atom. The van der Waals surface area contributed by atoms with Crippen LogP contribution in [0, 0.1) is 0 Å². The first-order valence-electron chi connectivity index (χ1n) is 3.76. The molecule has 2 N–H and O–H groups in total. The molecule has 0 amide bonds. The summed E-state index contributed by atoms with van der Waals surface area (Å²) in [5.74, 6) is 0. The van der Waals surface area contributed by atoms with E-state index in [1.807, 2.05) is 0 Å². The maximum atomic E-state index is 9.35. The third kappa shape index (κ3) is 2.09. The molecule has 4 atom stereocenters. The van der Waals surface area contributed by atoms with E-state index in [1.165, 1.54) is 7.11 Å². The van der Waals surface area contributed by atoms with Crippen molar-refractivity contribution in [2.45, 2.75) is 24.6 Å². The zero-order valence-corrected chi connectivity index (χ0v) is 7.07. The first-order chi connectivity index (χ1) is 6.20. The van der Waals surface area contributed by atoms with Crippen molar-refractivity contribution in [1.82, 2.24) is 0 Å². The fourth-order valence-electron chi connectivity index (χ4n) is 1.18. The molecule has 74 valence electrons. The Labute approximate surface area is 74.5 Å². The first kappa shape index (κ1) is 10.2. The minimum Gasteiger partial charge on any atom is -0.387 e. The predicted octanol–water partition coefficient (Wildman–Crippen LogP) is -0.610. The molecular weight excluding hydrogens is 178 g/mol. The highest BCUT2D eigenvalue weighted by Gasteiger charge is 2.42. The molecule has 1 aliphatic rings. The summed E-state index contributed by atoms with van der Waals surface area (Å²) in [6.07, 6.45) is -3.72. The molecule has 0 aliphatic carbocycles. The van der Waals surface area contributed by atoms with Crippen LogP contribution < -0.4 is 0 Å². The van der Waals surface area contributed by atoms with E-state index in [-0.39, 0.29) is 6.54 Å². The number of aliphatic hydroxyl groups is 2. The van der Waals surface area contributed by atoms with Crippen molar-refractivity contribution in [3.8, 4) is 0 Å². The van der Waals surface area contributed by atoms with Crippen LogP contribution in [-0.4, -0.2) is 48.5 Å². The third-order valence-electron chi connectivity index (χ3n) is 1.88. The Bertz CT molecular complexity index is 218. The summed E-state index contributed by atoms with van der Waals surface area (Å²) in [7, 11) is 1.36. The standard InChI is InChI=1S/C6H11N3O4/c1-12-6-5(11)4(10)3(13-6)2-8-9-7/h3-6,10-11H,2H2,1H3/t3-,4-,5-,6+/m1/s1. The van der Waals surface area contributed by atoms with Gasteiger partial charge in [-0.15, -0.1) is 0 Å². The van der Waals surface area contributed by atoms with Crippen molar-refractivity contribution in [2.75, 3.05) is 13.7 Å². The average molecular weight is 189 g/mol. The number of azide groups is 1. The van der Waals surface area contributed by atoms with Crippen molar-refractivity contribution >= 4 is 0 Å². The summed E-state index contributed by atoms with van der Waals surface area (Å²) >= 11 is 0. The minimum absolute atomic E-state index is 0.0193. The van der Waals surface area contributed by atoms with E-state index in [0.29, 0.717) is 0 Å². The number of aliphatic hydroxyl groups excluding tert-OH is 2. The summed E-state index contributed by atoms with van der Waals surface area (Å²) in [6, 6.07) is 0. The highest BCUT2D eigenvalue weighted by atomic mass is 16.7. The SMILES string of the molecule is CO[C@H]1O[C@H](CN=[N+]=[N-])[C@@H](O)[C@H]1O. The van der Waals surface area contributed by atoms with Gasteiger partial charge in [0.2, 0.25) is 0 Å². The van der Waals surface area contributed by atoms with Crippen molar-refractivity contribution in [1.29, 1.82) is 0 Å². The van der Waals surface area contributed by atoms with Gasteiger partial charge in [-0.2, -0.15) is 0 Å². The number of hydrogen-bond acceptors (Lipinski definition) is 5. The van der Waals surface area contributed by atoms with E-state index < -0.39 is 24.6 Å². The summed E-state index contributed by atoms with van der Waals surface area (Å²) in [4.78, 5) is 2.52. The van der Waals surface area contributed by atoms with E-state index in [1.54, 1.807) is 0 Å². The van der Waals surface area contributed by atoms with Crippen molar-refractivity contribution in [3.63, 3.8) is 0 Å². The Morgan fingerprint density at radius 1 is 1.54 bits per heavy atom. The average Bonchev–Trinajstić information content (AvgIpc) is 2.41. The molecule has 0 radical (unpaired) electrons. The number of methoxy groups -OCH3 is 1. The summed E-state index contributed by atoms with van der Waals surface area (Å²) < 4.78 is 9.79. The number of rotatable bonds is 3. The summed E-state index contributed by atoms with van der Waals surface area (Å²) in [6.45, 7) is -0.0193. The maximum absolute atomic E-state index is 9.35. The first-order valence-corrected chi connectivity index (χ1v) is 3.76. The molecule has 0 saturated carbocycles. The molecule has 0 unspecified atom stereocenters. The topological polar surface area (TPSA) is 108 Å². The molecule has 0 aromatic heterocycles. The lowest BCUT2D eigenvalue weighted by Gasteiger charge is -2.11. The van der Waals surface area contributed by atoms with Gasteiger partial charge in [0.1, 0.15) is 12.2 Å². The lowest BCUT2D eigenvalue weighted by molar-refractivity contribution is -0.147. The van der Waals surface area contributed by atoms with Crippen LogP contribution >= 0.6 is 0 Å². The summed E-state index contributed by atoms with van der Waals surface area (Å²) in [5.41, 5.74) is 8.03. The van der Waals surface area contributed by atoms with Gasteiger partial charge in [0.15, 0.2) is 6.29 Å². The van der Waals surface area contributed by atoms with Crippen LogP contribution in [-0.2, 0) is 9.47 Å². The van der Waals surface area contributed by atoms with Crippen molar-refractivity contribution in [3.05, 3.63) is 10.4 Å². The van der Waals surface area contributed by atoms with Gasteiger partial charge >= 0.3 is 0 Å². The van der Waals surface area contributed by atoms with Gasteiger partial charge in [-0.25, -0.2) is 0 Å². The lowest BCUT2D eigenvalue weighted by Crippen LogP contribution is -2.33. The minimum atomic E-state index is -1.09. The second kappa shape index (κ2) is 4.40. The predicted molar refractivity (Wildman–Crippen MR) is 41.7 cm³/mol. The van der Waals surface area contributed by atoms with Crippen LogP contribution in [0.25, 0.3) is 10.4 Å². The van der Waals surface area contributed by atoms with Gasteiger partial charge in [-0.05, 0) is 5.53 Å². The van der Waals surface area contributed by atoms with E-state index >= 15 is 0 Å². The molecule has 0 aromatic carbocycles.